The Hall–Kier alpha value is -2.40. The van der Waals surface area contributed by atoms with E-state index in [1.54, 1.807) is 0 Å². The number of ether oxygens (including phenoxy) is 1. The predicted molar refractivity (Wildman–Crippen MR) is 95.7 cm³/mol. The molecule has 1 atom stereocenters. The van der Waals surface area contributed by atoms with E-state index in [0.29, 0.717) is 12.4 Å². The molecule has 0 unspecified atom stereocenters. The van der Waals surface area contributed by atoms with Gasteiger partial charge in [-0.25, -0.2) is 4.98 Å². The van der Waals surface area contributed by atoms with E-state index in [1.807, 2.05) is 59.7 Å². The first-order chi connectivity index (χ1) is 11.7. The number of aromatic nitrogens is 1. The Morgan fingerprint density at radius 2 is 2.17 bits per heavy atom. The molecule has 1 fully saturated rings. The molecule has 0 spiro atoms. The van der Waals surface area contributed by atoms with Crippen LogP contribution in [0.5, 0.6) is 5.88 Å². The summed E-state index contributed by atoms with van der Waals surface area (Å²) in [5.41, 5.74) is 2.06. The summed E-state index contributed by atoms with van der Waals surface area (Å²) in [6, 6.07) is 13.8. The highest BCUT2D eigenvalue weighted by atomic mass is 32.1. The summed E-state index contributed by atoms with van der Waals surface area (Å²) in [6.07, 6.45) is 0.841. The summed E-state index contributed by atoms with van der Waals surface area (Å²) in [6.45, 7) is 3.35. The van der Waals surface area contributed by atoms with E-state index in [0.717, 1.165) is 34.3 Å². The smallest absolute Gasteiger partial charge is 0.264 e. The Bertz CT molecular complexity index is 890. The van der Waals surface area contributed by atoms with Gasteiger partial charge in [-0.2, -0.15) is 0 Å². The quantitative estimate of drug-likeness (QED) is 0.727. The summed E-state index contributed by atoms with van der Waals surface area (Å²) >= 11 is 1.51. The molecule has 1 saturated heterocycles. The molecule has 0 saturated carbocycles. The van der Waals surface area contributed by atoms with Crippen molar-refractivity contribution in [2.45, 2.75) is 19.4 Å². The number of amides is 1. The van der Waals surface area contributed by atoms with E-state index in [1.165, 1.54) is 11.3 Å². The van der Waals surface area contributed by atoms with Crippen LogP contribution in [-0.4, -0.2) is 35.0 Å². The average molecular weight is 338 g/mol. The van der Waals surface area contributed by atoms with Gasteiger partial charge in [0.2, 0.25) is 5.88 Å². The SMILES string of the molecule is Cc1csc(C(=O)N2CC[C@@H](Oc3ccc4ccccc4n3)C2)c1. The van der Waals surface area contributed by atoms with Crippen molar-refractivity contribution in [2.75, 3.05) is 13.1 Å². The number of fused-ring (bicyclic) bond motifs is 1. The van der Waals surface area contributed by atoms with Crippen molar-refractivity contribution < 1.29 is 9.53 Å². The second-order valence-electron chi connectivity index (χ2n) is 6.11. The number of carbonyl (C=O) groups is 1. The number of rotatable bonds is 3. The Labute approximate surface area is 144 Å². The molecular formula is C19H18N2O2S. The van der Waals surface area contributed by atoms with Crippen LogP contribution >= 0.6 is 11.3 Å². The molecule has 4 rings (SSSR count). The number of pyridine rings is 1. The second-order valence-corrected chi connectivity index (χ2v) is 7.02. The zero-order chi connectivity index (χ0) is 16.5. The van der Waals surface area contributed by atoms with E-state index in [9.17, 15) is 4.79 Å². The first-order valence-electron chi connectivity index (χ1n) is 8.06. The zero-order valence-corrected chi connectivity index (χ0v) is 14.3. The van der Waals surface area contributed by atoms with Crippen LogP contribution in [0.2, 0.25) is 0 Å². The van der Waals surface area contributed by atoms with Gasteiger partial charge >= 0.3 is 0 Å². The van der Waals surface area contributed by atoms with Gasteiger partial charge in [-0.15, -0.1) is 11.3 Å². The fourth-order valence-corrected chi connectivity index (χ4v) is 3.86. The van der Waals surface area contributed by atoms with Crippen LogP contribution in [-0.2, 0) is 0 Å². The van der Waals surface area contributed by atoms with Gasteiger partial charge in [0.1, 0.15) is 6.10 Å². The minimum absolute atomic E-state index is 0.00340. The number of carbonyl (C=O) groups excluding carboxylic acids is 1. The van der Waals surface area contributed by atoms with Gasteiger partial charge in [-0.05, 0) is 36.1 Å². The van der Waals surface area contributed by atoms with E-state index in [4.69, 9.17) is 4.74 Å². The van der Waals surface area contributed by atoms with Crippen LogP contribution in [0.15, 0.2) is 47.8 Å². The lowest BCUT2D eigenvalue weighted by molar-refractivity contribution is 0.0776. The largest absolute Gasteiger partial charge is 0.472 e. The van der Waals surface area contributed by atoms with Crippen molar-refractivity contribution >= 4 is 28.1 Å². The molecule has 122 valence electrons. The average Bonchev–Trinajstić information content (AvgIpc) is 3.23. The zero-order valence-electron chi connectivity index (χ0n) is 13.4. The summed E-state index contributed by atoms with van der Waals surface area (Å²) < 4.78 is 6.00. The number of hydrogen-bond donors (Lipinski definition) is 0. The molecule has 1 aliphatic rings. The first-order valence-corrected chi connectivity index (χ1v) is 8.94. The summed E-state index contributed by atoms with van der Waals surface area (Å²) in [5.74, 6) is 0.727. The first kappa shape index (κ1) is 15.1. The van der Waals surface area contributed by atoms with Crippen LogP contribution < -0.4 is 4.74 Å². The van der Waals surface area contributed by atoms with E-state index < -0.39 is 0 Å². The van der Waals surface area contributed by atoms with Gasteiger partial charge in [0.05, 0.1) is 16.9 Å². The molecule has 0 bridgehead atoms. The molecule has 4 nitrogen and oxygen atoms in total. The minimum atomic E-state index is 0.00340. The fourth-order valence-electron chi connectivity index (χ4n) is 2.99. The van der Waals surface area contributed by atoms with Crippen LogP contribution in [0.4, 0.5) is 0 Å². The highest BCUT2D eigenvalue weighted by Crippen LogP contribution is 2.23. The fraction of sp³-hybridized carbons (Fsp3) is 0.263. The monoisotopic (exact) mass is 338 g/mol. The molecule has 1 aliphatic heterocycles. The summed E-state index contributed by atoms with van der Waals surface area (Å²) in [5, 5.41) is 3.11. The van der Waals surface area contributed by atoms with Crippen LogP contribution in [0, 0.1) is 6.92 Å². The van der Waals surface area contributed by atoms with Gasteiger partial charge in [0.25, 0.3) is 5.91 Å². The van der Waals surface area contributed by atoms with Crippen LogP contribution in [0.1, 0.15) is 21.7 Å². The normalized spacial score (nSPS) is 17.4. The lowest BCUT2D eigenvalue weighted by Crippen LogP contribution is -2.30. The minimum Gasteiger partial charge on any atom is -0.472 e. The Morgan fingerprint density at radius 1 is 1.29 bits per heavy atom. The molecule has 3 aromatic rings. The molecular weight excluding hydrogens is 320 g/mol. The molecule has 1 amide bonds. The molecule has 0 radical (unpaired) electrons. The van der Waals surface area contributed by atoms with Crippen molar-refractivity contribution in [2.24, 2.45) is 0 Å². The van der Waals surface area contributed by atoms with Crippen molar-refractivity contribution in [3.63, 3.8) is 0 Å². The van der Waals surface area contributed by atoms with Gasteiger partial charge in [0.15, 0.2) is 0 Å². The summed E-state index contributed by atoms with van der Waals surface area (Å²) in [4.78, 5) is 19.7. The molecule has 3 heterocycles. The van der Waals surface area contributed by atoms with Crippen molar-refractivity contribution in [3.05, 3.63) is 58.3 Å². The number of para-hydroxylation sites is 1. The van der Waals surface area contributed by atoms with Crippen LogP contribution in [0.25, 0.3) is 10.9 Å². The molecule has 2 aromatic heterocycles. The topological polar surface area (TPSA) is 42.4 Å². The maximum Gasteiger partial charge on any atom is 0.264 e. The molecule has 0 aliphatic carbocycles. The third kappa shape index (κ3) is 2.99. The highest BCUT2D eigenvalue weighted by molar-refractivity contribution is 7.12. The number of nitrogens with zero attached hydrogens (tertiary/aromatic N) is 2. The lowest BCUT2D eigenvalue weighted by atomic mass is 10.2. The van der Waals surface area contributed by atoms with Gasteiger partial charge in [-0.3, -0.25) is 4.79 Å². The number of likely N-dealkylation sites (tertiary alicyclic amines) is 1. The molecule has 1 aromatic carbocycles. The third-order valence-corrected chi connectivity index (χ3v) is 5.27. The maximum absolute atomic E-state index is 12.5. The van der Waals surface area contributed by atoms with E-state index in [2.05, 4.69) is 4.98 Å². The molecule has 24 heavy (non-hydrogen) atoms. The second kappa shape index (κ2) is 6.24. The van der Waals surface area contributed by atoms with Crippen molar-refractivity contribution in [3.8, 4) is 5.88 Å². The van der Waals surface area contributed by atoms with Crippen molar-refractivity contribution in [1.82, 2.24) is 9.88 Å². The third-order valence-electron chi connectivity index (χ3n) is 4.23. The number of hydrogen-bond acceptors (Lipinski definition) is 4. The van der Waals surface area contributed by atoms with Gasteiger partial charge in [-0.1, -0.05) is 18.2 Å². The number of benzene rings is 1. The van der Waals surface area contributed by atoms with Crippen LogP contribution in [0.3, 0.4) is 0 Å². The summed E-state index contributed by atoms with van der Waals surface area (Å²) in [7, 11) is 0. The molecule has 5 heteroatoms. The molecule has 0 N–H and O–H groups in total. The maximum atomic E-state index is 12.5. The van der Waals surface area contributed by atoms with Crippen molar-refractivity contribution in [1.29, 1.82) is 0 Å². The number of aryl methyl sites for hydroxylation is 1. The van der Waals surface area contributed by atoms with Gasteiger partial charge in [0, 0.05) is 24.4 Å². The highest BCUT2D eigenvalue weighted by Gasteiger charge is 2.29. The Morgan fingerprint density at radius 3 is 3.00 bits per heavy atom. The standard InChI is InChI=1S/C19H18N2O2S/c1-13-10-17(24-12-13)19(22)21-9-8-15(11-21)23-18-7-6-14-4-2-3-5-16(14)20-18/h2-7,10,12,15H,8-9,11H2,1H3/t15-/m1/s1. The Kier molecular flexibility index (Phi) is 3.94. The number of thiophene rings is 1. The Balaban J connectivity index is 1.43. The predicted octanol–water partition coefficient (Wildman–Crippen LogP) is 3.90. The van der Waals surface area contributed by atoms with E-state index >= 15 is 0 Å². The van der Waals surface area contributed by atoms with E-state index in [-0.39, 0.29) is 12.0 Å². The lowest BCUT2D eigenvalue weighted by Gasteiger charge is -2.16. The van der Waals surface area contributed by atoms with Gasteiger partial charge < -0.3 is 9.64 Å².